The molecule has 1 aromatic heterocycles. The number of ether oxygens (including phenoxy) is 2. The van der Waals surface area contributed by atoms with Crippen molar-refractivity contribution in [1.82, 2.24) is 15.3 Å². The summed E-state index contributed by atoms with van der Waals surface area (Å²) in [5.74, 6) is 1.02. The van der Waals surface area contributed by atoms with Crippen molar-refractivity contribution in [2.24, 2.45) is 0 Å². The number of amides is 1. The van der Waals surface area contributed by atoms with Crippen molar-refractivity contribution in [3.8, 4) is 17.6 Å². The second kappa shape index (κ2) is 10.2. The van der Waals surface area contributed by atoms with Crippen LogP contribution in [0.3, 0.4) is 0 Å². The second-order valence-electron chi connectivity index (χ2n) is 4.97. The van der Waals surface area contributed by atoms with Crippen molar-refractivity contribution in [2.45, 2.75) is 6.92 Å². The molecule has 26 heavy (non-hydrogen) atoms. The number of nitrogens with zero attached hydrogens (tertiary/aromatic N) is 3. The molecular formula is C17H18BrN5O3. The van der Waals surface area contributed by atoms with Gasteiger partial charge in [-0.05, 0) is 35.0 Å². The Bertz CT molecular complexity index is 780. The molecule has 0 aliphatic heterocycles. The number of halogens is 1. The first-order chi connectivity index (χ1) is 12.6. The van der Waals surface area contributed by atoms with Crippen LogP contribution in [0.25, 0.3) is 0 Å². The van der Waals surface area contributed by atoms with Crippen LogP contribution in [0.2, 0.25) is 0 Å². The molecule has 0 bridgehead atoms. The van der Waals surface area contributed by atoms with Gasteiger partial charge < -0.3 is 20.1 Å². The van der Waals surface area contributed by atoms with Crippen molar-refractivity contribution < 1.29 is 14.3 Å². The fourth-order valence-corrected chi connectivity index (χ4v) is 2.55. The molecule has 0 aliphatic carbocycles. The standard InChI is InChI=1S/C17H18BrN5O3/c1-2-25-14-9-12(10-19)8-13(18)16(14)26-11-15(24)20-6-7-23-17-21-4-3-5-22-17/h3-5,8-9H,2,6-7,11H2,1H3,(H,20,24)(H,21,22,23). The fourth-order valence-electron chi connectivity index (χ4n) is 1.99. The van der Waals surface area contributed by atoms with Gasteiger partial charge in [-0.1, -0.05) is 0 Å². The van der Waals surface area contributed by atoms with Gasteiger partial charge in [0.25, 0.3) is 5.91 Å². The van der Waals surface area contributed by atoms with Crippen LogP contribution in [-0.4, -0.2) is 42.2 Å². The molecule has 2 aromatic rings. The zero-order valence-corrected chi connectivity index (χ0v) is 15.7. The van der Waals surface area contributed by atoms with Crippen molar-refractivity contribution in [2.75, 3.05) is 31.6 Å². The number of carbonyl (C=O) groups excluding carboxylic acids is 1. The number of benzene rings is 1. The van der Waals surface area contributed by atoms with Gasteiger partial charge in [0.05, 0.1) is 22.7 Å². The lowest BCUT2D eigenvalue weighted by atomic mass is 10.2. The summed E-state index contributed by atoms with van der Waals surface area (Å²) in [4.78, 5) is 20.0. The van der Waals surface area contributed by atoms with Crippen LogP contribution in [-0.2, 0) is 4.79 Å². The maximum absolute atomic E-state index is 11.9. The summed E-state index contributed by atoms with van der Waals surface area (Å²) in [6.07, 6.45) is 3.26. The number of hydrogen-bond donors (Lipinski definition) is 2. The topological polar surface area (TPSA) is 109 Å². The van der Waals surface area contributed by atoms with E-state index >= 15 is 0 Å². The monoisotopic (exact) mass is 419 g/mol. The summed E-state index contributed by atoms with van der Waals surface area (Å²) >= 11 is 3.34. The molecule has 1 amide bonds. The molecular weight excluding hydrogens is 402 g/mol. The number of aromatic nitrogens is 2. The minimum absolute atomic E-state index is 0.174. The first-order valence-corrected chi connectivity index (χ1v) is 8.70. The predicted molar refractivity (Wildman–Crippen MR) is 99.1 cm³/mol. The third-order valence-electron chi connectivity index (χ3n) is 3.08. The molecule has 1 heterocycles. The van der Waals surface area contributed by atoms with Gasteiger partial charge >= 0.3 is 0 Å². The highest BCUT2D eigenvalue weighted by atomic mass is 79.9. The molecule has 0 saturated carbocycles. The summed E-state index contributed by atoms with van der Waals surface area (Å²) in [5.41, 5.74) is 0.436. The third kappa shape index (κ3) is 5.89. The zero-order chi connectivity index (χ0) is 18.8. The van der Waals surface area contributed by atoms with E-state index in [0.717, 1.165) is 0 Å². The lowest BCUT2D eigenvalue weighted by Crippen LogP contribution is -2.33. The second-order valence-corrected chi connectivity index (χ2v) is 5.82. The summed E-state index contributed by atoms with van der Waals surface area (Å²) in [7, 11) is 0. The van der Waals surface area contributed by atoms with E-state index < -0.39 is 0 Å². The lowest BCUT2D eigenvalue weighted by molar-refractivity contribution is -0.123. The molecule has 2 N–H and O–H groups in total. The number of carbonyl (C=O) groups is 1. The molecule has 0 unspecified atom stereocenters. The van der Waals surface area contributed by atoms with E-state index in [4.69, 9.17) is 14.7 Å². The van der Waals surface area contributed by atoms with Crippen LogP contribution < -0.4 is 20.1 Å². The van der Waals surface area contributed by atoms with Gasteiger partial charge in [0, 0.05) is 31.5 Å². The smallest absolute Gasteiger partial charge is 0.258 e. The van der Waals surface area contributed by atoms with Gasteiger partial charge in [0.2, 0.25) is 5.95 Å². The maximum Gasteiger partial charge on any atom is 0.258 e. The minimum Gasteiger partial charge on any atom is -0.490 e. The Morgan fingerprint density at radius 3 is 2.73 bits per heavy atom. The Hall–Kier alpha value is -2.86. The van der Waals surface area contributed by atoms with E-state index in [1.54, 1.807) is 30.6 Å². The molecule has 0 spiro atoms. The fraction of sp³-hybridized carbons (Fsp3) is 0.294. The van der Waals surface area contributed by atoms with E-state index in [1.807, 2.05) is 13.0 Å². The number of rotatable bonds is 9. The molecule has 0 saturated heterocycles. The van der Waals surface area contributed by atoms with Crippen molar-refractivity contribution in [3.63, 3.8) is 0 Å². The summed E-state index contributed by atoms with van der Waals surface area (Å²) in [6.45, 7) is 2.95. The SMILES string of the molecule is CCOc1cc(C#N)cc(Br)c1OCC(=O)NCCNc1ncccn1. The Morgan fingerprint density at radius 2 is 2.04 bits per heavy atom. The van der Waals surface area contributed by atoms with E-state index in [1.165, 1.54) is 0 Å². The van der Waals surface area contributed by atoms with Crippen molar-refractivity contribution in [3.05, 3.63) is 40.6 Å². The van der Waals surface area contributed by atoms with Gasteiger partial charge in [-0.15, -0.1) is 0 Å². The lowest BCUT2D eigenvalue weighted by Gasteiger charge is -2.14. The van der Waals surface area contributed by atoms with Crippen LogP contribution >= 0.6 is 15.9 Å². The predicted octanol–water partition coefficient (Wildman–Crippen LogP) is 2.12. The van der Waals surface area contributed by atoms with E-state index in [2.05, 4.69) is 36.5 Å². The van der Waals surface area contributed by atoms with Crippen LogP contribution in [0.1, 0.15) is 12.5 Å². The molecule has 0 fully saturated rings. The first-order valence-electron chi connectivity index (χ1n) is 7.91. The van der Waals surface area contributed by atoms with Crippen molar-refractivity contribution >= 4 is 27.8 Å². The quantitative estimate of drug-likeness (QED) is 0.598. The minimum atomic E-state index is -0.278. The zero-order valence-electron chi connectivity index (χ0n) is 14.2. The summed E-state index contributed by atoms with van der Waals surface area (Å²) < 4.78 is 11.6. The number of nitrogens with one attached hydrogen (secondary N) is 2. The highest BCUT2D eigenvalue weighted by Gasteiger charge is 2.14. The highest BCUT2D eigenvalue weighted by molar-refractivity contribution is 9.10. The van der Waals surface area contributed by atoms with Gasteiger partial charge in [-0.3, -0.25) is 4.79 Å². The Kier molecular flexibility index (Phi) is 7.64. The molecule has 136 valence electrons. The Labute approximate surface area is 159 Å². The van der Waals surface area contributed by atoms with Gasteiger partial charge in [-0.25, -0.2) is 9.97 Å². The van der Waals surface area contributed by atoms with E-state index in [-0.39, 0.29) is 12.5 Å². The summed E-state index contributed by atoms with van der Waals surface area (Å²) in [6, 6.07) is 6.95. The molecule has 0 radical (unpaired) electrons. The number of hydrogen-bond acceptors (Lipinski definition) is 7. The van der Waals surface area contributed by atoms with E-state index in [0.29, 0.717) is 47.2 Å². The van der Waals surface area contributed by atoms with Crippen LogP contribution in [0.4, 0.5) is 5.95 Å². The van der Waals surface area contributed by atoms with Crippen LogP contribution in [0.15, 0.2) is 35.1 Å². The number of nitriles is 1. The van der Waals surface area contributed by atoms with Gasteiger partial charge in [-0.2, -0.15) is 5.26 Å². The average molecular weight is 420 g/mol. The Balaban J connectivity index is 1.82. The van der Waals surface area contributed by atoms with Crippen LogP contribution in [0.5, 0.6) is 11.5 Å². The van der Waals surface area contributed by atoms with Crippen molar-refractivity contribution in [1.29, 1.82) is 5.26 Å². The Morgan fingerprint density at radius 1 is 1.27 bits per heavy atom. The average Bonchev–Trinajstić information content (AvgIpc) is 2.65. The molecule has 9 heteroatoms. The normalized spacial score (nSPS) is 9.88. The molecule has 8 nitrogen and oxygen atoms in total. The third-order valence-corrected chi connectivity index (χ3v) is 3.67. The van der Waals surface area contributed by atoms with E-state index in [9.17, 15) is 4.79 Å². The molecule has 1 aromatic carbocycles. The number of anilines is 1. The largest absolute Gasteiger partial charge is 0.490 e. The summed E-state index contributed by atoms with van der Waals surface area (Å²) in [5, 5.41) is 14.7. The highest BCUT2D eigenvalue weighted by Crippen LogP contribution is 2.36. The van der Waals surface area contributed by atoms with Gasteiger partial charge in [0.15, 0.2) is 18.1 Å². The van der Waals surface area contributed by atoms with Crippen LogP contribution in [0, 0.1) is 11.3 Å². The molecule has 0 atom stereocenters. The first kappa shape index (κ1) is 19.5. The molecule has 0 aliphatic rings. The van der Waals surface area contributed by atoms with Gasteiger partial charge in [0.1, 0.15) is 0 Å². The maximum atomic E-state index is 11.9. The molecule has 2 rings (SSSR count).